The minimum atomic E-state index is -0.382. The van der Waals surface area contributed by atoms with E-state index in [-0.39, 0.29) is 12.0 Å². The second kappa shape index (κ2) is 2.39. The lowest BCUT2D eigenvalue weighted by molar-refractivity contribution is -0.133. The van der Waals surface area contributed by atoms with E-state index in [1.807, 2.05) is 0 Å². The Morgan fingerprint density at radius 3 is 3.11 bits per heavy atom. The van der Waals surface area contributed by atoms with E-state index in [1.54, 1.807) is 6.21 Å². The average molecular weight is 126 g/mol. The molecule has 0 spiro atoms. The van der Waals surface area contributed by atoms with Gasteiger partial charge in [-0.2, -0.15) is 0 Å². The second-order valence-corrected chi connectivity index (χ2v) is 1.53. The van der Waals surface area contributed by atoms with E-state index < -0.39 is 0 Å². The number of carbonyl (C=O) groups is 1. The van der Waals surface area contributed by atoms with Crippen molar-refractivity contribution in [2.24, 2.45) is 9.98 Å². The molecule has 0 amide bonds. The molecule has 0 saturated heterocycles. The van der Waals surface area contributed by atoms with Crippen LogP contribution in [0.4, 0.5) is 0 Å². The number of rotatable bonds is 0. The Kier molecular flexibility index (Phi) is 1.58. The van der Waals surface area contributed by atoms with Crippen LogP contribution in [-0.4, -0.2) is 24.8 Å². The molecule has 0 N–H and O–H groups in total. The highest BCUT2D eigenvalue weighted by atomic mass is 16.6. The first-order valence-electron chi connectivity index (χ1n) is 2.54. The number of nitrogens with zero attached hydrogens (tertiary/aromatic N) is 2. The topological polar surface area (TPSA) is 51.0 Å². The quantitative estimate of drug-likeness (QED) is 0.428. The fraction of sp³-hybridized carbons (Fsp3) is 0.400. The Hall–Kier alpha value is -1.19. The van der Waals surface area contributed by atoms with Crippen molar-refractivity contribution in [3.8, 4) is 0 Å². The van der Waals surface area contributed by atoms with Gasteiger partial charge in [-0.3, -0.25) is 4.79 Å². The lowest BCUT2D eigenvalue weighted by atomic mass is 10.8. The van der Waals surface area contributed by atoms with E-state index in [4.69, 9.17) is 0 Å². The Labute approximate surface area is 52.3 Å². The SMILES string of the molecule is CC(=O)OC1=NCC=N1. The lowest BCUT2D eigenvalue weighted by Gasteiger charge is -1.92. The molecule has 4 heteroatoms. The highest BCUT2D eigenvalue weighted by molar-refractivity contribution is 5.94. The molecule has 1 aliphatic rings. The van der Waals surface area contributed by atoms with Gasteiger partial charge in [0, 0.05) is 13.1 Å². The number of aliphatic imine (C=N–C) groups is 2. The van der Waals surface area contributed by atoms with Crippen LogP contribution < -0.4 is 0 Å². The van der Waals surface area contributed by atoms with E-state index in [2.05, 4.69) is 14.7 Å². The summed E-state index contributed by atoms with van der Waals surface area (Å²) in [4.78, 5) is 17.6. The molecule has 0 bridgehead atoms. The molecule has 0 fully saturated rings. The van der Waals surface area contributed by atoms with Gasteiger partial charge in [0.25, 0.3) is 0 Å². The molecule has 0 radical (unpaired) electrons. The van der Waals surface area contributed by atoms with Gasteiger partial charge in [-0.15, -0.1) is 0 Å². The summed E-state index contributed by atoms with van der Waals surface area (Å²) in [5, 5.41) is 0. The van der Waals surface area contributed by atoms with Crippen LogP contribution in [0.2, 0.25) is 0 Å². The maximum Gasteiger partial charge on any atom is 0.319 e. The summed E-state index contributed by atoms with van der Waals surface area (Å²) in [5.74, 6) is -0.382. The van der Waals surface area contributed by atoms with Gasteiger partial charge >= 0.3 is 12.0 Å². The van der Waals surface area contributed by atoms with Crippen LogP contribution >= 0.6 is 0 Å². The van der Waals surface area contributed by atoms with Gasteiger partial charge in [0.05, 0.1) is 6.54 Å². The zero-order valence-electron chi connectivity index (χ0n) is 5.00. The summed E-state index contributed by atoms with van der Waals surface area (Å²) in [6.45, 7) is 1.83. The summed E-state index contributed by atoms with van der Waals surface area (Å²) in [5.41, 5.74) is 0. The molecule has 0 atom stereocenters. The Morgan fingerprint density at radius 2 is 2.67 bits per heavy atom. The predicted octanol–water partition coefficient (Wildman–Crippen LogP) is -0.0101. The molecular formula is C5H6N2O2. The second-order valence-electron chi connectivity index (χ2n) is 1.53. The van der Waals surface area contributed by atoms with Crippen molar-refractivity contribution in [2.45, 2.75) is 6.92 Å². The van der Waals surface area contributed by atoms with Crippen molar-refractivity contribution in [3.05, 3.63) is 0 Å². The van der Waals surface area contributed by atoms with Crippen LogP contribution in [0.3, 0.4) is 0 Å². The number of carbonyl (C=O) groups excluding carboxylic acids is 1. The van der Waals surface area contributed by atoms with Gasteiger partial charge in [-0.25, -0.2) is 9.98 Å². The number of hydrogen-bond acceptors (Lipinski definition) is 4. The van der Waals surface area contributed by atoms with Crippen molar-refractivity contribution in [1.82, 2.24) is 0 Å². The fourth-order valence-electron chi connectivity index (χ4n) is 0.466. The van der Waals surface area contributed by atoms with Gasteiger partial charge in [0.1, 0.15) is 0 Å². The fourth-order valence-corrected chi connectivity index (χ4v) is 0.466. The van der Waals surface area contributed by atoms with E-state index in [1.165, 1.54) is 6.92 Å². The summed E-state index contributed by atoms with van der Waals surface area (Å²) in [6, 6.07) is 0.169. The monoisotopic (exact) mass is 126 g/mol. The standard InChI is InChI=1S/C5H6N2O2/c1-4(8)9-5-6-2-3-7-5/h2H,3H2,1H3. The molecular weight excluding hydrogens is 120 g/mol. The molecule has 0 aromatic heterocycles. The number of ether oxygens (including phenoxy) is 1. The summed E-state index contributed by atoms with van der Waals surface area (Å²) in [6.07, 6.45) is 1.58. The zero-order valence-corrected chi connectivity index (χ0v) is 5.00. The van der Waals surface area contributed by atoms with Gasteiger partial charge in [0.2, 0.25) is 0 Å². The molecule has 0 aromatic rings. The van der Waals surface area contributed by atoms with Gasteiger partial charge in [-0.05, 0) is 0 Å². The van der Waals surface area contributed by atoms with Crippen LogP contribution in [0.5, 0.6) is 0 Å². The van der Waals surface area contributed by atoms with Crippen molar-refractivity contribution in [3.63, 3.8) is 0 Å². The molecule has 1 rings (SSSR count). The van der Waals surface area contributed by atoms with E-state index in [0.29, 0.717) is 6.54 Å². The molecule has 48 valence electrons. The summed E-state index contributed by atoms with van der Waals surface area (Å²) < 4.78 is 4.52. The minimum Gasteiger partial charge on any atom is -0.391 e. The molecule has 4 nitrogen and oxygen atoms in total. The maximum absolute atomic E-state index is 10.2. The minimum absolute atomic E-state index is 0.169. The highest BCUT2D eigenvalue weighted by Gasteiger charge is 2.03. The van der Waals surface area contributed by atoms with Crippen LogP contribution in [0.1, 0.15) is 6.92 Å². The average Bonchev–Trinajstić information content (AvgIpc) is 2.15. The molecule has 0 unspecified atom stereocenters. The van der Waals surface area contributed by atoms with E-state index >= 15 is 0 Å². The summed E-state index contributed by atoms with van der Waals surface area (Å²) >= 11 is 0. The van der Waals surface area contributed by atoms with Gasteiger partial charge < -0.3 is 4.74 Å². The van der Waals surface area contributed by atoms with Crippen molar-refractivity contribution in [1.29, 1.82) is 0 Å². The zero-order chi connectivity index (χ0) is 6.69. The Balaban J connectivity index is 2.45. The first-order valence-corrected chi connectivity index (χ1v) is 2.54. The predicted molar refractivity (Wildman–Crippen MR) is 32.6 cm³/mol. The third-order valence-electron chi connectivity index (χ3n) is 0.745. The van der Waals surface area contributed by atoms with Crippen molar-refractivity contribution < 1.29 is 9.53 Å². The van der Waals surface area contributed by atoms with Gasteiger partial charge in [-0.1, -0.05) is 0 Å². The van der Waals surface area contributed by atoms with Crippen LogP contribution in [0.15, 0.2) is 9.98 Å². The first kappa shape index (κ1) is 5.94. The van der Waals surface area contributed by atoms with Crippen LogP contribution in [0.25, 0.3) is 0 Å². The highest BCUT2D eigenvalue weighted by Crippen LogP contribution is 1.90. The maximum atomic E-state index is 10.2. The van der Waals surface area contributed by atoms with E-state index in [0.717, 1.165) is 0 Å². The van der Waals surface area contributed by atoms with Crippen LogP contribution in [-0.2, 0) is 9.53 Å². The van der Waals surface area contributed by atoms with Crippen LogP contribution in [0, 0.1) is 0 Å². The summed E-state index contributed by atoms with van der Waals surface area (Å²) in [7, 11) is 0. The smallest absolute Gasteiger partial charge is 0.319 e. The molecule has 1 aliphatic heterocycles. The molecule has 0 aromatic carbocycles. The van der Waals surface area contributed by atoms with Gasteiger partial charge in [0.15, 0.2) is 0 Å². The molecule has 0 aliphatic carbocycles. The number of amidine groups is 1. The molecule has 1 heterocycles. The molecule has 0 saturated carbocycles. The number of esters is 1. The van der Waals surface area contributed by atoms with E-state index in [9.17, 15) is 4.79 Å². The van der Waals surface area contributed by atoms with Crippen molar-refractivity contribution >= 4 is 18.2 Å². The Morgan fingerprint density at radius 1 is 1.89 bits per heavy atom. The largest absolute Gasteiger partial charge is 0.391 e. The number of hydrogen-bond donors (Lipinski definition) is 0. The molecule has 9 heavy (non-hydrogen) atoms. The normalized spacial score (nSPS) is 15.4. The van der Waals surface area contributed by atoms with Crippen molar-refractivity contribution in [2.75, 3.05) is 6.54 Å². The first-order chi connectivity index (χ1) is 4.29. The third-order valence-corrected chi connectivity index (χ3v) is 0.745. The lowest BCUT2D eigenvalue weighted by Crippen LogP contribution is -2.04. The third kappa shape index (κ3) is 1.64. The Bertz CT molecular complexity index is 183.